The third-order valence-corrected chi connectivity index (χ3v) is 4.91. The van der Waals surface area contributed by atoms with Crippen molar-refractivity contribution in [2.75, 3.05) is 19.9 Å². The minimum absolute atomic E-state index is 0.0693. The predicted molar refractivity (Wildman–Crippen MR) is 96.1 cm³/mol. The Bertz CT molecular complexity index is 795. The maximum absolute atomic E-state index is 12.2. The zero-order chi connectivity index (χ0) is 17.2. The molecule has 1 heterocycles. The van der Waals surface area contributed by atoms with Crippen molar-refractivity contribution < 1.29 is 19.0 Å². The van der Waals surface area contributed by atoms with Gasteiger partial charge in [0.05, 0.1) is 6.54 Å². The molecule has 1 fully saturated rings. The summed E-state index contributed by atoms with van der Waals surface area (Å²) in [5.41, 5.74) is 1.21. The lowest BCUT2D eigenvalue weighted by molar-refractivity contribution is -0.122. The Balaban J connectivity index is 1.21. The van der Waals surface area contributed by atoms with Crippen LogP contribution in [0.2, 0.25) is 0 Å². The fourth-order valence-electron chi connectivity index (χ4n) is 3.03. The Labute approximate surface area is 154 Å². The van der Waals surface area contributed by atoms with Gasteiger partial charge in [-0.15, -0.1) is 0 Å². The van der Waals surface area contributed by atoms with Crippen molar-refractivity contribution in [3.8, 4) is 17.2 Å². The summed E-state index contributed by atoms with van der Waals surface area (Å²) in [5.74, 6) is 2.62. The Morgan fingerprint density at radius 3 is 2.96 bits per heavy atom. The average Bonchev–Trinajstić information content (AvgIpc) is 3.29. The van der Waals surface area contributed by atoms with E-state index in [1.165, 1.54) is 5.56 Å². The third-order valence-electron chi connectivity index (χ3n) is 4.42. The van der Waals surface area contributed by atoms with Gasteiger partial charge in [0.2, 0.25) is 12.7 Å². The van der Waals surface area contributed by atoms with Crippen LogP contribution in [0.1, 0.15) is 17.9 Å². The van der Waals surface area contributed by atoms with E-state index in [1.807, 2.05) is 24.3 Å². The van der Waals surface area contributed by atoms with Crippen LogP contribution in [0.25, 0.3) is 0 Å². The van der Waals surface area contributed by atoms with Crippen LogP contribution >= 0.6 is 15.9 Å². The molecular weight excluding hydrogens is 386 g/mol. The fraction of sp³-hybridized carbons (Fsp3) is 0.316. The molecule has 2 atom stereocenters. The third kappa shape index (κ3) is 3.74. The number of carbonyl (C=O) groups is 1. The Morgan fingerprint density at radius 1 is 1.20 bits per heavy atom. The quantitative estimate of drug-likeness (QED) is 0.750. The summed E-state index contributed by atoms with van der Waals surface area (Å²) in [6, 6.07) is 13.6. The van der Waals surface area contributed by atoms with Crippen molar-refractivity contribution >= 4 is 21.8 Å². The zero-order valence-electron chi connectivity index (χ0n) is 13.5. The molecule has 0 aromatic heterocycles. The number of benzene rings is 2. The molecule has 5 nitrogen and oxygen atoms in total. The fourth-order valence-corrected chi connectivity index (χ4v) is 3.45. The molecule has 6 heteroatoms. The van der Waals surface area contributed by atoms with E-state index >= 15 is 0 Å². The van der Waals surface area contributed by atoms with Gasteiger partial charge in [0.15, 0.2) is 11.5 Å². The molecule has 0 bridgehead atoms. The first-order valence-electron chi connectivity index (χ1n) is 8.26. The number of hydrogen-bond donors (Lipinski definition) is 1. The Morgan fingerprint density at radius 2 is 2.08 bits per heavy atom. The molecule has 1 saturated carbocycles. The maximum Gasteiger partial charge on any atom is 0.231 e. The van der Waals surface area contributed by atoms with E-state index in [9.17, 15) is 4.79 Å². The lowest BCUT2D eigenvalue weighted by Gasteiger charge is -2.08. The molecule has 2 aliphatic rings. The van der Waals surface area contributed by atoms with Gasteiger partial charge < -0.3 is 19.5 Å². The SMILES string of the molecule is O=C(NCCOc1ccc2c(c1)OCO2)C1CC1c1cccc(Br)c1. The number of halogens is 1. The molecule has 2 aromatic carbocycles. The van der Waals surface area contributed by atoms with Crippen molar-refractivity contribution in [3.63, 3.8) is 0 Å². The van der Waals surface area contributed by atoms with E-state index in [2.05, 4.69) is 33.4 Å². The van der Waals surface area contributed by atoms with Gasteiger partial charge in [0.25, 0.3) is 0 Å². The molecule has 2 unspecified atom stereocenters. The smallest absolute Gasteiger partial charge is 0.231 e. The van der Waals surface area contributed by atoms with Crippen molar-refractivity contribution in [3.05, 3.63) is 52.5 Å². The molecule has 1 N–H and O–H groups in total. The van der Waals surface area contributed by atoms with Crippen LogP contribution in [0, 0.1) is 5.92 Å². The van der Waals surface area contributed by atoms with E-state index in [1.54, 1.807) is 6.07 Å². The van der Waals surface area contributed by atoms with Gasteiger partial charge in [-0.2, -0.15) is 0 Å². The highest BCUT2D eigenvalue weighted by molar-refractivity contribution is 9.10. The maximum atomic E-state index is 12.2. The first-order valence-corrected chi connectivity index (χ1v) is 9.05. The van der Waals surface area contributed by atoms with Gasteiger partial charge >= 0.3 is 0 Å². The van der Waals surface area contributed by atoms with Gasteiger partial charge in [-0.05, 0) is 42.2 Å². The first-order chi connectivity index (χ1) is 12.2. The number of amides is 1. The summed E-state index contributed by atoms with van der Waals surface area (Å²) in [7, 11) is 0. The van der Waals surface area contributed by atoms with Crippen molar-refractivity contribution in [1.82, 2.24) is 5.32 Å². The largest absolute Gasteiger partial charge is 0.492 e. The summed E-state index contributed by atoms with van der Waals surface area (Å²) < 4.78 is 17.3. The van der Waals surface area contributed by atoms with Crippen LogP contribution < -0.4 is 19.5 Å². The summed E-state index contributed by atoms with van der Waals surface area (Å²) in [5, 5.41) is 2.95. The number of hydrogen-bond acceptors (Lipinski definition) is 4. The monoisotopic (exact) mass is 403 g/mol. The van der Waals surface area contributed by atoms with Crippen LogP contribution in [-0.4, -0.2) is 25.9 Å². The highest BCUT2D eigenvalue weighted by Crippen LogP contribution is 2.47. The van der Waals surface area contributed by atoms with E-state index in [-0.39, 0.29) is 18.6 Å². The highest BCUT2D eigenvalue weighted by atomic mass is 79.9. The molecule has 0 radical (unpaired) electrons. The van der Waals surface area contributed by atoms with Gasteiger partial charge in [-0.25, -0.2) is 0 Å². The van der Waals surface area contributed by atoms with Gasteiger partial charge in [0, 0.05) is 16.5 Å². The second kappa shape index (κ2) is 6.96. The predicted octanol–water partition coefficient (Wildman–Crippen LogP) is 3.48. The summed E-state index contributed by atoms with van der Waals surface area (Å²) in [4.78, 5) is 12.2. The van der Waals surface area contributed by atoms with Gasteiger partial charge in [-0.3, -0.25) is 4.79 Å². The highest BCUT2D eigenvalue weighted by Gasteiger charge is 2.43. The minimum atomic E-state index is 0.0693. The molecule has 1 amide bonds. The number of ether oxygens (including phenoxy) is 3. The number of rotatable bonds is 6. The Kier molecular flexibility index (Phi) is 4.53. The molecule has 25 heavy (non-hydrogen) atoms. The van der Waals surface area contributed by atoms with E-state index in [4.69, 9.17) is 14.2 Å². The molecular formula is C19H18BrNO4. The number of fused-ring (bicyclic) bond motifs is 1. The molecule has 130 valence electrons. The summed E-state index contributed by atoms with van der Waals surface area (Å²) >= 11 is 3.47. The molecule has 1 aliphatic carbocycles. The number of carbonyl (C=O) groups excluding carboxylic acids is 1. The lowest BCUT2D eigenvalue weighted by atomic mass is 10.1. The van der Waals surface area contributed by atoms with Gasteiger partial charge in [0.1, 0.15) is 12.4 Å². The minimum Gasteiger partial charge on any atom is -0.492 e. The van der Waals surface area contributed by atoms with Crippen molar-refractivity contribution in [1.29, 1.82) is 0 Å². The van der Waals surface area contributed by atoms with Crippen molar-refractivity contribution in [2.24, 2.45) is 5.92 Å². The van der Waals surface area contributed by atoms with E-state index < -0.39 is 0 Å². The lowest BCUT2D eigenvalue weighted by Crippen LogP contribution is -2.29. The second-order valence-electron chi connectivity index (χ2n) is 6.16. The number of nitrogens with one attached hydrogen (secondary N) is 1. The summed E-state index contributed by atoms with van der Waals surface area (Å²) in [6.07, 6.45) is 0.908. The van der Waals surface area contributed by atoms with Crippen LogP contribution in [-0.2, 0) is 4.79 Å². The van der Waals surface area contributed by atoms with Crippen LogP contribution in [0.3, 0.4) is 0 Å². The van der Waals surface area contributed by atoms with Crippen LogP contribution in [0.15, 0.2) is 46.9 Å². The molecule has 0 spiro atoms. The molecule has 4 rings (SSSR count). The van der Waals surface area contributed by atoms with Gasteiger partial charge in [-0.1, -0.05) is 28.1 Å². The van der Waals surface area contributed by atoms with E-state index in [0.717, 1.165) is 16.6 Å². The first kappa shape index (κ1) is 16.3. The zero-order valence-corrected chi connectivity index (χ0v) is 15.1. The second-order valence-corrected chi connectivity index (χ2v) is 7.07. The summed E-state index contributed by atoms with van der Waals surface area (Å²) in [6.45, 7) is 1.14. The molecule has 0 saturated heterocycles. The van der Waals surface area contributed by atoms with Crippen molar-refractivity contribution in [2.45, 2.75) is 12.3 Å². The van der Waals surface area contributed by atoms with Crippen LogP contribution in [0.5, 0.6) is 17.2 Å². The van der Waals surface area contributed by atoms with E-state index in [0.29, 0.717) is 30.6 Å². The molecule has 1 aliphatic heterocycles. The van der Waals surface area contributed by atoms with Crippen LogP contribution in [0.4, 0.5) is 0 Å². The molecule has 2 aromatic rings. The normalized spacial score (nSPS) is 20.2. The Hall–Kier alpha value is -2.21. The standard InChI is InChI=1S/C19H18BrNO4/c20-13-3-1-2-12(8-13)15-10-16(15)19(22)21-6-7-23-14-4-5-17-18(9-14)25-11-24-17/h1-5,8-9,15-16H,6-7,10-11H2,(H,21,22). The average molecular weight is 404 g/mol. The topological polar surface area (TPSA) is 56.8 Å².